The summed E-state index contributed by atoms with van der Waals surface area (Å²) in [6.07, 6.45) is 2.21. The number of aryl methyl sites for hydroxylation is 1. The summed E-state index contributed by atoms with van der Waals surface area (Å²) in [5, 5.41) is 7.35. The topological polar surface area (TPSA) is 122 Å². The highest BCUT2D eigenvalue weighted by molar-refractivity contribution is 7.10. The third-order valence-electron chi connectivity index (χ3n) is 5.09. The lowest BCUT2D eigenvalue weighted by Gasteiger charge is -2.31. The number of urea groups is 1. The molecule has 1 saturated heterocycles. The number of fused-ring (bicyclic) bond motifs is 2. The molecule has 0 saturated carbocycles. The number of benzene rings is 1. The predicted molar refractivity (Wildman–Crippen MR) is 103 cm³/mol. The van der Waals surface area contributed by atoms with Gasteiger partial charge in [0.25, 0.3) is 5.91 Å². The Bertz CT molecular complexity index is 984. The number of nitrogens with one attached hydrogen (secondary N) is 2. The summed E-state index contributed by atoms with van der Waals surface area (Å²) in [5.41, 5.74) is 5.72. The van der Waals surface area contributed by atoms with E-state index in [1.807, 2.05) is 11.4 Å². The molecule has 9 heteroatoms. The Hall–Kier alpha value is -3.20. The molecule has 5 amide bonds. The third kappa shape index (κ3) is 2.93. The highest BCUT2D eigenvalue weighted by atomic mass is 32.1. The molecule has 1 aliphatic heterocycles. The standard InChI is InChI=1S/C19H18N4O4S/c20-16(25)11-3-5-12(6-4-11)21-15(24)10-23-17(26)19(22-18(23)27)8-1-2-14-13(19)7-9-28-14/h3-7,9H,1-2,8,10H2,(H2,20,25)(H,21,24)(H,22,27). The van der Waals surface area contributed by atoms with Crippen LogP contribution in [-0.2, 0) is 21.5 Å². The maximum atomic E-state index is 13.1. The molecule has 28 heavy (non-hydrogen) atoms. The second-order valence-corrected chi connectivity index (χ2v) is 7.83. The van der Waals surface area contributed by atoms with Gasteiger partial charge in [-0.15, -0.1) is 11.3 Å². The van der Waals surface area contributed by atoms with Crippen molar-refractivity contribution in [2.45, 2.75) is 24.8 Å². The number of carbonyl (C=O) groups excluding carboxylic acids is 4. The Labute approximate surface area is 164 Å². The first-order valence-electron chi connectivity index (χ1n) is 8.81. The van der Waals surface area contributed by atoms with Crippen LogP contribution in [0.3, 0.4) is 0 Å². The van der Waals surface area contributed by atoms with Gasteiger partial charge in [-0.3, -0.25) is 19.3 Å². The van der Waals surface area contributed by atoms with Crippen LogP contribution in [0.15, 0.2) is 35.7 Å². The largest absolute Gasteiger partial charge is 0.366 e. The number of hydrogen-bond donors (Lipinski definition) is 3. The number of rotatable bonds is 4. The molecule has 2 aliphatic rings. The van der Waals surface area contributed by atoms with Crippen molar-refractivity contribution in [3.63, 3.8) is 0 Å². The number of nitrogens with two attached hydrogens (primary N) is 1. The van der Waals surface area contributed by atoms with E-state index in [1.54, 1.807) is 11.3 Å². The van der Waals surface area contributed by atoms with Crippen molar-refractivity contribution in [3.05, 3.63) is 51.7 Å². The second kappa shape index (κ2) is 6.75. The van der Waals surface area contributed by atoms with Crippen molar-refractivity contribution in [3.8, 4) is 0 Å². The first-order valence-corrected chi connectivity index (χ1v) is 9.69. The van der Waals surface area contributed by atoms with E-state index in [4.69, 9.17) is 5.73 Å². The second-order valence-electron chi connectivity index (χ2n) is 6.83. The predicted octanol–water partition coefficient (Wildman–Crippen LogP) is 1.57. The molecule has 1 fully saturated rings. The van der Waals surface area contributed by atoms with Crippen LogP contribution in [0.1, 0.15) is 33.6 Å². The van der Waals surface area contributed by atoms with E-state index in [2.05, 4.69) is 10.6 Å². The molecule has 144 valence electrons. The fourth-order valence-electron chi connectivity index (χ4n) is 3.75. The number of thiophene rings is 1. The Morgan fingerprint density at radius 2 is 1.96 bits per heavy atom. The van der Waals surface area contributed by atoms with Crippen molar-refractivity contribution in [1.82, 2.24) is 10.2 Å². The summed E-state index contributed by atoms with van der Waals surface area (Å²) in [6, 6.07) is 7.35. The summed E-state index contributed by atoms with van der Waals surface area (Å²) < 4.78 is 0. The van der Waals surface area contributed by atoms with Crippen molar-refractivity contribution >= 4 is 40.8 Å². The maximum Gasteiger partial charge on any atom is 0.325 e. The Morgan fingerprint density at radius 3 is 2.68 bits per heavy atom. The highest BCUT2D eigenvalue weighted by Gasteiger charge is 2.54. The van der Waals surface area contributed by atoms with Crippen LogP contribution in [0.4, 0.5) is 10.5 Å². The van der Waals surface area contributed by atoms with E-state index in [1.165, 1.54) is 24.3 Å². The van der Waals surface area contributed by atoms with E-state index < -0.39 is 29.3 Å². The molecule has 1 spiro atoms. The number of nitrogens with zero attached hydrogens (tertiary/aromatic N) is 1. The summed E-state index contributed by atoms with van der Waals surface area (Å²) in [5.74, 6) is -1.47. The monoisotopic (exact) mass is 398 g/mol. The minimum atomic E-state index is -1.06. The molecule has 0 radical (unpaired) electrons. The molecule has 2 heterocycles. The van der Waals surface area contributed by atoms with Gasteiger partial charge in [0.2, 0.25) is 11.8 Å². The third-order valence-corrected chi connectivity index (χ3v) is 6.07. The van der Waals surface area contributed by atoms with Gasteiger partial charge in [0.15, 0.2) is 0 Å². The number of carbonyl (C=O) groups is 4. The van der Waals surface area contributed by atoms with Crippen LogP contribution >= 0.6 is 11.3 Å². The molecule has 2 aromatic rings. The Balaban J connectivity index is 1.48. The molecule has 1 aromatic carbocycles. The average Bonchev–Trinajstić information content (AvgIpc) is 3.23. The minimum absolute atomic E-state index is 0.318. The Morgan fingerprint density at radius 1 is 1.21 bits per heavy atom. The fraction of sp³-hybridized carbons (Fsp3) is 0.263. The van der Waals surface area contributed by atoms with Crippen molar-refractivity contribution in [2.75, 3.05) is 11.9 Å². The van der Waals surface area contributed by atoms with Crippen molar-refractivity contribution < 1.29 is 19.2 Å². The van der Waals surface area contributed by atoms with Crippen LogP contribution in [0.5, 0.6) is 0 Å². The summed E-state index contributed by atoms with van der Waals surface area (Å²) in [7, 11) is 0. The summed E-state index contributed by atoms with van der Waals surface area (Å²) >= 11 is 1.58. The zero-order valence-electron chi connectivity index (χ0n) is 14.9. The van der Waals surface area contributed by atoms with Gasteiger partial charge in [-0.2, -0.15) is 0 Å². The van der Waals surface area contributed by atoms with Crippen LogP contribution in [0.25, 0.3) is 0 Å². The lowest BCUT2D eigenvalue weighted by Crippen LogP contribution is -2.46. The molecule has 1 aliphatic carbocycles. The molecule has 1 aromatic heterocycles. The van der Waals surface area contributed by atoms with Gasteiger partial charge in [0, 0.05) is 21.7 Å². The first kappa shape index (κ1) is 18.2. The smallest absolute Gasteiger partial charge is 0.325 e. The number of hydrogen-bond acceptors (Lipinski definition) is 5. The van der Waals surface area contributed by atoms with Crippen LogP contribution in [-0.4, -0.2) is 35.2 Å². The number of imide groups is 1. The number of amides is 5. The van der Waals surface area contributed by atoms with Crippen molar-refractivity contribution in [2.24, 2.45) is 5.73 Å². The molecule has 4 N–H and O–H groups in total. The van der Waals surface area contributed by atoms with Crippen molar-refractivity contribution in [1.29, 1.82) is 0 Å². The van der Waals surface area contributed by atoms with E-state index in [0.29, 0.717) is 17.7 Å². The van der Waals surface area contributed by atoms with Gasteiger partial charge in [-0.05, 0) is 55.0 Å². The SMILES string of the molecule is NC(=O)c1ccc(NC(=O)CN2C(=O)NC3(CCCc4sccc43)C2=O)cc1. The molecular formula is C19H18N4O4S. The zero-order chi connectivity index (χ0) is 19.9. The van der Waals surface area contributed by atoms with Gasteiger partial charge in [0.1, 0.15) is 12.1 Å². The lowest BCUT2D eigenvalue weighted by atomic mass is 9.80. The molecule has 1 atom stereocenters. The fourth-order valence-corrected chi connectivity index (χ4v) is 4.75. The maximum absolute atomic E-state index is 13.1. The zero-order valence-corrected chi connectivity index (χ0v) is 15.7. The minimum Gasteiger partial charge on any atom is -0.366 e. The molecule has 1 unspecified atom stereocenters. The number of anilines is 1. The van der Waals surface area contributed by atoms with Gasteiger partial charge in [-0.25, -0.2) is 4.79 Å². The number of primary amides is 1. The van der Waals surface area contributed by atoms with Crippen LogP contribution in [0, 0.1) is 0 Å². The summed E-state index contributed by atoms with van der Waals surface area (Å²) in [6.45, 7) is -0.385. The van der Waals surface area contributed by atoms with Crippen LogP contribution in [0.2, 0.25) is 0 Å². The van der Waals surface area contributed by atoms with Gasteiger partial charge < -0.3 is 16.4 Å². The molecular weight excluding hydrogens is 380 g/mol. The average molecular weight is 398 g/mol. The van der Waals surface area contributed by atoms with E-state index in [-0.39, 0.29) is 6.54 Å². The van der Waals surface area contributed by atoms with Gasteiger partial charge >= 0.3 is 6.03 Å². The highest BCUT2D eigenvalue weighted by Crippen LogP contribution is 2.42. The molecule has 0 bridgehead atoms. The van der Waals surface area contributed by atoms with Gasteiger partial charge in [-0.1, -0.05) is 0 Å². The normalized spacial score (nSPS) is 20.8. The van der Waals surface area contributed by atoms with E-state index >= 15 is 0 Å². The molecule has 8 nitrogen and oxygen atoms in total. The van der Waals surface area contributed by atoms with E-state index in [0.717, 1.165) is 28.2 Å². The molecule has 4 rings (SSSR count). The first-order chi connectivity index (χ1) is 13.4. The lowest BCUT2D eigenvalue weighted by molar-refractivity contribution is -0.134. The van der Waals surface area contributed by atoms with Gasteiger partial charge in [0.05, 0.1) is 0 Å². The summed E-state index contributed by atoms with van der Waals surface area (Å²) in [4.78, 5) is 51.1. The van der Waals surface area contributed by atoms with E-state index in [9.17, 15) is 19.2 Å². The van der Waals surface area contributed by atoms with Crippen LogP contribution < -0.4 is 16.4 Å². The Kier molecular flexibility index (Phi) is 4.38. The quantitative estimate of drug-likeness (QED) is 0.677.